The van der Waals surface area contributed by atoms with Gasteiger partial charge in [0, 0.05) is 19.0 Å². The number of fused-ring (bicyclic) bond motifs is 2. The van der Waals surface area contributed by atoms with E-state index in [0.717, 1.165) is 22.3 Å². The van der Waals surface area contributed by atoms with E-state index < -0.39 is 11.4 Å². The lowest BCUT2D eigenvalue weighted by molar-refractivity contribution is -0.160. The maximum absolute atomic E-state index is 13.4. The first-order valence-electron chi connectivity index (χ1n) is 8.76. The molecule has 0 spiro atoms. The first-order chi connectivity index (χ1) is 12.6. The number of amides is 1. The fraction of sp³-hybridized carbons (Fsp3) is 0.273. The zero-order valence-electron chi connectivity index (χ0n) is 14.8. The highest BCUT2D eigenvalue weighted by Gasteiger charge is 2.62. The molecule has 0 N–H and O–H groups in total. The van der Waals surface area contributed by atoms with E-state index in [1.165, 1.54) is 7.11 Å². The third-order valence-corrected chi connectivity index (χ3v) is 5.69. The predicted molar refractivity (Wildman–Crippen MR) is 99.0 cm³/mol. The fourth-order valence-corrected chi connectivity index (χ4v) is 4.40. The van der Waals surface area contributed by atoms with Gasteiger partial charge in [0.25, 0.3) is 0 Å². The molecule has 1 amide bonds. The lowest BCUT2D eigenvalue weighted by atomic mass is 9.64. The van der Waals surface area contributed by atoms with Crippen LogP contribution in [0.4, 0.5) is 0 Å². The van der Waals surface area contributed by atoms with E-state index in [1.807, 2.05) is 54.6 Å². The van der Waals surface area contributed by atoms with Crippen molar-refractivity contribution in [2.24, 2.45) is 11.3 Å². The molecule has 2 aromatic carbocycles. The number of ether oxygens (including phenoxy) is 1. The van der Waals surface area contributed by atoms with Crippen LogP contribution in [0.15, 0.2) is 61.2 Å². The van der Waals surface area contributed by atoms with E-state index in [2.05, 4.69) is 6.58 Å². The smallest absolute Gasteiger partial charge is 0.322 e. The van der Waals surface area contributed by atoms with Crippen LogP contribution < -0.4 is 0 Å². The summed E-state index contributed by atoms with van der Waals surface area (Å²) < 4.78 is 5.10. The molecule has 1 heterocycles. The lowest BCUT2D eigenvalue weighted by Crippen LogP contribution is -2.48. The van der Waals surface area contributed by atoms with Crippen LogP contribution in [-0.4, -0.2) is 30.4 Å². The maximum atomic E-state index is 13.4. The Morgan fingerprint density at radius 3 is 2.62 bits per heavy atom. The van der Waals surface area contributed by atoms with Gasteiger partial charge in [0.1, 0.15) is 0 Å². The number of rotatable bonds is 3. The summed E-state index contributed by atoms with van der Waals surface area (Å²) in [5.74, 6) is -0.881. The second kappa shape index (κ2) is 6.13. The fourth-order valence-electron chi connectivity index (χ4n) is 4.40. The first kappa shape index (κ1) is 16.6. The van der Waals surface area contributed by atoms with Gasteiger partial charge in [-0.25, -0.2) is 0 Å². The number of carbonyl (C=O) groups excluding carboxylic acids is 2. The van der Waals surface area contributed by atoms with Gasteiger partial charge in [-0.05, 0) is 28.7 Å². The van der Waals surface area contributed by atoms with Gasteiger partial charge in [-0.2, -0.15) is 0 Å². The molecule has 1 aliphatic carbocycles. The second-order valence-corrected chi connectivity index (χ2v) is 7.05. The summed E-state index contributed by atoms with van der Waals surface area (Å²) in [6.45, 7) is 5.22. The molecule has 0 saturated carbocycles. The van der Waals surface area contributed by atoms with Crippen LogP contribution in [0.3, 0.4) is 0 Å². The number of hydrogen-bond acceptors (Lipinski definition) is 3. The van der Waals surface area contributed by atoms with Crippen molar-refractivity contribution < 1.29 is 14.3 Å². The topological polar surface area (TPSA) is 46.6 Å². The van der Waals surface area contributed by atoms with Gasteiger partial charge in [0.15, 0.2) is 5.41 Å². The Morgan fingerprint density at radius 2 is 1.88 bits per heavy atom. The zero-order chi connectivity index (χ0) is 18.3. The van der Waals surface area contributed by atoms with Crippen LogP contribution in [0.5, 0.6) is 0 Å². The quantitative estimate of drug-likeness (QED) is 0.633. The van der Waals surface area contributed by atoms with Gasteiger partial charge in [-0.15, -0.1) is 0 Å². The maximum Gasteiger partial charge on any atom is 0.322 e. The molecule has 1 aliphatic heterocycles. The summed E-state index contributed by atoms with van der Waals surface area (Å²) in [6, 6.07) is 17.7. The van der Waals surface area contributed by atoms with E-state index in [4.69, 9.17) is 4.74 Å². The molecule has 2 aliphatic rings. The first-order valence-corrected chi connectivity index (χ1v) is 8.76. The minimum Gasteiger partial charge on any atom is -0.468 e. The van der Waals surface area contributed by atoms with Gasteiger partial charge in [-0.3, -0.25) is 9.59 Å². The minimum atomic E-state index is -1.20. The Labute approximate surface area is 153 Å². The molecule has 132 valence electrons. The molecule has 1 saturated heterocycles. The molecule has 0 bridgehead atoms. The van der Waals surface area contributed by atoms with Crippen LogP contribution >= 0.6 is 0 Å². The third-order valence-electron chi connectivity index (χ3n) is 5.69. The van der Waals surface area contributed by atoms with Crippen LogP contribution in [0.1, 0.15) is 16.7 Å². The molecule has 0 aromatic heterocycles. The van der Waals surface area contributed by atoms with Crippen LogP contribution in [0.2, 0.25) is 0 Å². The molecular weight excluding hydrogens is 326 g/mol. The summed E-state index contributed by atoms with van der Waals surface area (Å²) in [4.78, 5) is 28.0. The summed E-state index contributed by atoms with van der Waals surface area (Å²) in [5, 5.41) is 0. The lowest BCUT2D eigenvalue weighted by Gasteiger charge is -2.36. The summed E-state index contributed by atoms with van der Waals surface area (Å²) in [5.41, 5.74) is 2.72. The molecule has 1 fully saturated rings. The summed E-state index contributed by atoms with van der Waals surface area (Å²) in [6.07, 6.45) is 0.365. The highest BCUT2D eigenvalue weighted by Crippen LogP contribution is 2.52. The number of methoxy groups -OCH3 is 1. The Hall–Kier alpha value is -2.88. The van der Waals surface area contributed by atoms with E-state index in [1.54, 1.807) is 4.90 Å². The van der Waals surface area contributed by atoms with Gasteiger partial charge in [0.05, 0.1) is 7.11 Å². The molecule has 4 heteroatoms. The Morgan fingerprint density at radius 1 is 1.19 bits per heavy atom. The van der Waals surface area contributed by atoms with Crippen molar-refractivity contribution in [3.8, 4) is 0 Å². The van der Waals surface area contributed by atoms with Crippen LogP contribution in [0, 0.1) is 11.3 Å². The largest absolute Gasteiger partial charge is 0.468 e. The number of esters is 1. The van der Waals surface area contributed by atoms with Gasteiger partial charge < -0.3 is 9.64 Å². The monoisotopic (exact) mass is 347 g/mol. The van der Waals surface area contributed by atoms with Gasteiger partial charge >= 0.3 is 5.97 Å². The highest BCUT2D eigenvalue weighted by atomic mass is 16.5. The summed E-state index contributed by atoms with van der Waals surface area (Å²) in [7, 11) is 1.35. The van der Waals surface area contributed by atoms with Crippen LogP contribution in [0.25, 0.3) is 5.57 Å². The molecule has 4 rings (SSSR count). The van der Waals surface area contributed by atoms with Gasteiger partial charge in [0.2, 0.25) is 5.91 Å². The predicted octanol–water partition coefficient (Wildman–Crippen LogP) is 3.07. The highest BCUT2D eigenvalue weighted by molar-refractivity contribution is 6.08. The molecule has 26 heavy (non-hydrogen) atoms. The van der Waals surface area contributed by atoms with E-state index >= 15 is 0 Å². The van der Waals surface area contributed by atoms with Gasteiger partial charge in [-0.1, -0.05) is 61.2 Å². The number of benzene rings is 2. The van der Waals surface area contributed by atoms with E-state index in [0.29, 0.717) is 19.5 Å². The normalized spacial score (nSPS) is 24.2. The van der Waals surface area contributed by atoms with Crippen molar-refractivity contribution in [3.63, 3.8) is 0 Å². The van der Waals surface area contributed by atoms with Crippen molar-refractivity contribution in [2.45, 2.75) is 13.0 Å². The number of likely N-dealkylation sites (tertiary alicyclic amines) is 1. The molecule has 0 unspecified atom stereocenters. The Balaban J connectivity index is 1.76. The van der Waals surface area contributed by atoms with Crippen molar-refractivity contribution in [1.82, 2.24) is 4.90 Å². The number of nitrogens with zero attached hydrogens (tertiary/aromatic N) is 1. The van der Waals surface area contributed by atoms with Crippen molar-refractivity contribution >= 4 is 17.4 Å². The SMILES string of the molecule is C=C1c2ccccc2C[C@]2(C(=O)OC)C(=O)N(Cc3ccccc3)C[C@H]12. The third kappa shape index (κ3) is 2.29. The Kier molecular flexibility index (Phi) is 3.91. The van der Waals surface area contributed by atoms with Crippen molar-refractivity contribution in [3.05, 3.63) is 77.9 Å². The minimum absolute atomic E-state index is 0.158. The zero-order valence-corrected chi connectivity index (χ0v) is 14.8. The standard InChI is InChI=1S/C22H21NO3/c1-15-18-11-7-6-10-17(18)12-22(21(25)26-2)19(15)14-23(20(22)24)13-16-8-4-3-5-9-16/h3-11,19H,1,12-14H2,2H3/t19-,22-/m1/s1. The average Bonchev–Trinajstić information content (AvgIpc) is 2.96. The Bertz CT molecular complexity index is 889. The molecule has 0 radical (unpaired) electrons. The molecule has 4 nitrogen and oxygen atoms in total. The molecular formula is C22H21NO3. The van der Waals surface area contributed by atoms with E-state index in [9.17, 15) is 9.59 Å². The van der Waals surface area contributed by atoms with Crippen molar-refractivity contribution in [2.75, 3.05) is 13.7 Å². The average molecular weight is 347 g/mol. The van der Waals surface area contributed by atoms with Crippen molar-refractivity contribution in [1.29, 1.82) is 0 Å². The number of hydrogen-bond donors (Lipinski definition) is 0. The van der Waals surface area contributed by atoms with E-state index in [-0.39, 0.29) is 11.8 Å². The number of carbonyl (C=O) groups is 2. The molecule has 2 atom stereocenters. The second-order valence-electron chi connectivity index (χ2n) is 7.05. The summed E-state index contributed by atoms with van der Waals surface area (Å²) >= 11 is 0. The van der Waals surface area contributed by atoms with Crippen LogP contribution in [-0.2, 0) is 27.3 Å². The molecule has 2 aromatic rings.